The van der Waals surface area contributed by atoms with Crippen LogP contribution in [-0.4, -0.2) is 58.6 Å². The number of imidazole rings is 1. The first-order chi connectivity index (χ1) is 22.1. The van der Waals surface area contributed by atoms with Gasteiger partial charge in [0.2, 0.25) is 0 Å². The van der Waals surface area contributed by atoms with Gasteiger partial charge in [-0.3, -0.25) is 0 Å². The number of benzene rings is 3. The van der Waals surface area contributed by atoms with Crippen LogP contribution in [0.5, 0.6) is 5.75 Å². The van der Waals surface area contributed by atoms with E-state index in [0.29, 0.717) is 6.61 Å². The van der Waals surface area contributed by atoms with E-state index >= 15 is 0 Å². The van der Waals surface area contributed by atoms with Crippen LogP contribution in [-0.2, 0) is 19.6 Å². The number of halogens is 1. The number of ether oxygens (including phenoxy) is 1. The average molecular weight is 627 g/mol. The topological polar surface area (TPSA) is 33.5 Å². The van der Waals surface area contributed by atoms with Gasteiger partial charge in [-0.15, -0.1) is 0 Å². The third-order valence-corrected chi connectivity index (χ3v) is 10.4. The predicted octanol–water partition coefficient (Wildman–Crippen LogP) is 8.80. The zero-order valence-electron chi connectivity index (χ0n) is 27.2. The van der Waals surface area contributed by atoms with Gasteiger partial charge in [0, 0.05) is 18.1 Å². The van der Waals surface area contributed by atoms with Gasteiger partial charge >= 0.3 is 0 Å². The molecule has 2 saturated heterocycles. The molecule has 1 atom stereocenters. The molecular weight excluding hydrogens is 576 g/mol. The lowest BCUT2D eigenvalue weighted by Crippen LogP contribution is -2.38. The highest BCUT2D eigenvalue weighted by Gasteiger charge is 2.22. The van der Waals surface area contributed by atoms with Gasteiger partial charge in [-0.25, -0.2) is 4.98 Å². The summed E-state index contributed by atoms with van der Waals surface area (Å²) in [6.07, 6.45) is 11.8. The lowest BCUT2D eigenvalue weighted by molar-refractivity contribution is 0.148. The molecule has 0 N–H and O–H groups in total. The van der Waals surface area contributed by atoms with Crippen LogP contribution in [0.1, 0.15) is 68.3 Å². The van der Waals surface area contributed by atoms with Crippen LogP contribution in [0.25, 0.3) is 11.0 Å². The van der Waals surface area contributed by atoms with E-state index in [1.807, 2.05) is 24.3 Å². The fraction of sp³-hybridized carbons (Fsp3) is 0.513. The van der Waals surface area contributed by atoms with Gasteiger partial charge in [-0.05, 0) is 144 Å². The highest BCUT2D eigenvalue weighted by molar-refractivity contribution is 6.30. The van der Waals surface area contributed by atoms with E-state index in [0.717, 1.165) is 40.5 Å². The minimum Gasteiger partial charge on any atom is -0.486 e. The minimum absolute atomic E-state index is 0.456. The Morgan fingerprint density at radius 2 is 1.62 bits per heavy atom. The van der Waals surface area contributed by atoms with E-state index in [4.69, 9.17) is 21.3 Å². The van der Waals surface area contributed by atoms with Crippen molar-refractivity contribution < 1.29 is 4.74 Å². The quantitative estimate of drug-likeness (QED) is 0.140. The summed E-state index contributed by atoms with van der Waals surface area (Å²) in [5.41, 5.74) is 5.02. The maximum absolute atomic E-state index is 6.13. The molecule has 4 aromatic rings. The minimum atomic E-state index is 0.456. The second-order valence-corrected chi connectivity index (χ2v) is 13.9. The summed E-state index contributed by atoms with van der Waals surface area (Å²) in [6.45, 7) is 11.2. The van der Waals surface area contributed by atoms with Gasteiger partial charge in [-0.1, -0.05) is 60.5 Å². The van der Waals surface area contributed by atoms with Crippen LogP contribution in [0.3, 0.4) is 0 Å². The second kappa shape index (κ2) is 16.1. The third-order valence-electron chi connectivity index (χ3n) is 10.1. The first-order valence-electron chi connectivity index (χ1n) is 17.4. The van der Waals surface area contributed by atoms with Crippen molar-refractivity contribution in [1.29, 1.82) is 0 Å². The summed E-state index contributed by atoms with van der Waals surface area (Å²) in [6, 6.07) is 25.3. The Bertz CT molecular complexity index is 1460. The molecule has 0 aliphatic carbocycles. The molecule has 0 spiro atoms. The molecule has 0 amide bonds. The van der Waals surface area contributed by atoms with E-state index in [1.54, 1.807) is 0 Å². The van der Waals surface area contributed by atoms with E-state index in [9.17, 15) is 0 Å². The van der Waals surface area contributed by atoms with Gasteiger partial charge in [0.25, 0.3) is 0 Å². The van der Waals surface area contributed by atoms with Gasteiger partial charge in [0.15, 0.2) is 0 Å². The van der Waals surface area contributed by atoms with Crippen molar-refractivity contribution in [2.75, 3.05) is 39.3 Å². The standard InChI is InChI=1S/C39H51ClN4O/c1-31-10-8-14-37-39(31)41-38(30-45-36-17-15-35(40)16-18-36)44(37)24-9-13-32-19-25-42(26-20-32)27-21-34(28-33-11-4-2-5-12-33)29-43-22-6-3-7-23-43/h2,4-5,8,10-12,14-18,32,34H,3,6-7,9,13,19-30H2,1H3. The average Bonchev–Trinajstić information content (AvgIpc) is 3.43. The van der Waals surface area contributed by atoms with Crippen molar-refractivity contribution in [1.82, 2.24) is 19.4 Å². The van der Waals surface area contributed by atoms with Gasteiger partial charge in [0.1, 0.15) is 18.2 Å². The molecule has 1 aromatic heterocycles. The van der Waals surface area contributed by atoms with Crippen LogP contribution < -0.4 is 4.74 Å². The molecule has 6 heteroatoms. The van der Waals surface area contributed by atoms with Crippen LogP contribution in [0, 0.1) is 18.8 Å². The summed E-state index contributed by atoms with van der Waals surface area (Å²) in [5, 5.41) is 0.719. The molecule has 2 aliphatic rings. The highest BCUT2D eigenvalue weighted by atomic mass is 35.5. The smallest absolute Gasteiger partial charge is 0.148 e. The maximum atomic E-state index is 6.13. The number of nitrogens with zero attached hydrogens (tertiary/aromatic N) is 4. The molecular formula is C39H51ClN4O. The third kappa shape index (κ3) is 9.12. The summed E-state index contributed by atoms with van der Waals surface area (Å²) in [4.78, 5) is 10.5. The molecule has 0 bridgehead atoms. The maximum Gasteiger partial charge on any atom is 0.148 e. The van der Waals surface area contributed by atoms with E-state index in [2.05, 4.69) is 69.8 Å². The molecule has 45 heavy (non-hydrogen) atoms. The van der Waals surface area contributed by atoms with Crippen molar-refractivity contribution in [3.63, 3.8) is 0 Å². The van der Waals surface area contributed by atoms with Crippen LogP contribution in [0.2, 0.25) is 5.02 Å². The Labute approximate surface area is 275 Å². The normalized spacial score (nSPS) is 17.6. The molecule has 0 radical (unpaired) electrons. The number of aromatic nitrogens is 2. The van der Waals surface area contributed by atoms with Crippen LogP contribution in [0.15, 0.2) is 72.8 Å². The highest BCUT2D eigenvalue weighted by Crippen LogP contribution is 2.27. The SMILES string of the molecule is Cc1cccc2c1nc(COc1ccc(Cl)cc1)n2CCCC1CCN(CCC(Cc2ccccc2)CN2CCCCC2)CC1. The lowest BCUT2D eigenvalue weighted by Gasteiger charge is -2.34. The number of aryl methyl sites for hydroxylation is 2. The number of piperidine rings is 2. The fourth-order valence-electron chi connectivity index (χ4n) is 7.49. The molecule has 2 aliphatic heterocycles. The molecule has 2 fully saturated rings. The fourth-order valence-corrected chi connectivity index (χ4v) is 7.61. The first kappa shape index (κ1) is 32.1. The van der Waals surface area contributed by atoms with Crippen molar-refractivity contribution >= 4 is 22.6 Å². The monoisotopic (exact) mass is 626 g/mol. The Morgan fingerprint density at radius 3 is 2.40 bits per heavy atom. The van der Waals surface area contributed by atoms with E-state index < -0.39 is 0 Å². The Hall–Kier alpha value is -2.86. The van der Waals surface area contributed by atoms with Crippen LogP contribution in [0.4, 0.5) is 0 Å². The van der Waals surface area contributed by atoms with Crippen molar-refractivity contribution in [3.8, 4) is 5.75 Å². The number of hydrogen-bond acceptors (Lipinski definition) is 4. The van der Waals surface area contributed by atoms with Crippen molar-refractivity contribution in [2.45, 2.75) is 77.9 Å². The molecule has 3 heterocycles. The molecule has 5 nitrogen and oxygen atoms in total. The first-order valence-corrected chi connectivity index (χ1v) is 17.8. The number of para-hydroxylation sites is 1. The molecule has 6 rings (SSSR count). The molecule has 1 unspecified atom stereocenters. The van der Waals surface area contributed by atoms with Gasteiger partial charge in [-0.2, -0.15) is 0 Å². The van der Waals surface area contributed by atoms with Gasteiger partial charge < -0.3 is 19.1 Å². The summed E-state index contributed by atoms with van der Waals surface area (Å²) < 4.78 is 8.52. The largest absolute Gasteiger partial charge is 0.486 e. The number of hydrogen-bond donors (Lipinski definition) is 0. The Kier molecular flexibility index (Phi) is 11.5. The second-order valence-electron chi connectivity index (χ2n) is 13.5. The molecule has 3 aromatic carbocycles. The van der Waals surface area contributed by atoms with E-state index in [1.165, 1.54) is 114 Å². The zero-order chi connectivity index (χ0) is 30.8. The molecule has 0 saturated carbocycles. The summed E-state index contributed by atoms with van der Waals surface area (Å²) >= 11 is 6.07. The van der Waals surface area contributed by atoms with Crippen LogP contribution >= 0.6 is 11.6 Å². The molecule has 240 valence electrons. The van der Waals surface area contributed by atoms with Crippen molar-refractivity contribution in [2.24, 2.45) is 11.8 Å². The van der Waals surface area contributed by atoms with E-state index in [-0.39, 0.29) is 0 Å². The van der Waals surface area contributed by atoms with Gasteiger partial charge in [0.05, 0.1) is 11.0 Å². The number of fused-ring (bicyclic) bond motifs is 1. The predicted molar refractivity (Wildman–Crippen MR) is 187 cm³/mol. The number of likely N-dealkylation sites (tertiary alicyclic amines) is 2. The summed E-state index contributed by atoms with van der Waals surface area (Å²) in [5.74, 6) is 3.38. The summed E-state index contributed by atoms with van der Waals surface area (Å²) in [7, 11) is 0. The number of rotatable bonds is 14. The van der Waals surface area contributed by atoms with Crippen molar-refractivity contribution in [3.05, 3.63) is 94.8 Å². The lowest BCUT2D eigenvalue weighted by atomic mass is 9.91. The zero-order valence-corrected chi connectivity index (χ0v) is 27.9. The Morgan fingerprint density at radius 1 is 0.844 bits per heavy atom. The Balaban J connectivity index is 0.983.